The van der Waals surface area contributed by atoms with Crippen LogP contribution in [-0.2, 0) is 9.53 Å². The van der Waals surface area contributed by atoms with E-state index in [1.54, 1.807) is 6.92 Å². The molecular formula is C10H17NO2. The lowest BCUT2D eigenvalue weighted by atomic mass is 10.1. The molecule has 0 saturated heterocycles. The molecular weight excluding hydrogens is 166 g/mol. The Balaban J connectivity index is 3.76. The van der Waals surface area contributed by atoms with Crippen LogP contribution in [0.1, 0.15) is 40.0 Å². The number of nitriles is 1. The van der Waals surface area contributed by atoms with Gasteiger partial charge in [0.15, 0.2) is 0 Å². The lowest BCUT2D eigenvalue weighted by Crippen LogP contribution is -2.20. The van der Waals surface area contributed by atoms with Crippen LogP contribution in [0.2, 0.25) is 0 Å². The van der Waals surface area contributed by atoms with E-state index in [9.17, 15) is 4.79 Å². The summed E-state index contributed by atoms with van der Waals surface area (Å²) in [5, 5.41) is 8.32. The summed E-state index contributed by atoms with van der Waals surface area (Å²) in [6, 6.07) is 2.01. The highest BCUT2D eigenvalue weighted by molar-refractivity contribution is 5.72. The highest BCUT2D eigenvalue weighted by Crippen LogP contribution is 2.09. The molecule has 3 nitrogen and oxygen atoms in total. The molecule has 0 aromatic heterocycles. The number of carbonyl (C=O) groups excluding carboxylic acids is 1. The molecule has 0 heterocycles. The maximum absolute atomic E-state index is 11.3. The number of rotatable bonds is 5. The van der Waals surface area contributed by atoms with Crippen molar-refractivity contribution < 1.29 is 9.53 Å². The summed E-state index contributed by atoms with van der Waals surface area (Å²) in [5.74, 6) is -0.349. The first-order valence-corrected chi connectivity index (χ1v) is 4.69. The van der Waals surface area contributed by atoms with Gasteiger partial charge in [0.25, 0.3) is 0 Å². The lowest BCUT2D eigenvalue weighted by molar-refractivity contribution is -0.152. The molecule has 0 amide bonds. The lowest BCUT2D eigenvalue weighted by Gasteiger charge is -2.14. The van der Waals surface area contributed by atoms with Crippen molar-refractivity contribution in [2.45, 2.75) is 46.1 Å². The van der Waals surface area contributed by atoms with E-state index in [1.165, 1.54) is 0 Å². The Hall–Kier alpha value is -1.04. The van der Waals surface area contributed by atoms with E-state index < -0.39 is 0 Å². The van der Waals surface area contributed by atoms with Gasteiger partial charge in [-0.15, -0.1) is 0 Å². The van der Waals surface area contributed by atoms with Crippen molar-refractivity contribution in [2.75, 3.05) is 0 Å². The third-order valence-corrected chi connectivity index (χ3v) is 1.98. The van der Waals surface area contributed by atoms with Gasteiger partial charge in [-0.1, -0.05) is 13.8 Å². The van der Waals surface area contributed by atoms with Crippen molar-refractivity contribution in [1.29, 1.82) is 5.26 Å². The van der Waals surface area contributed by atoms with Gasteiger partial charge >= 0.3 is 5.97 Å². The molecule has 0 spiro atoms. The number of carbonyl (C=O) groups is 1. The first kappa shape index (κ1) is 12.0. The number of hydrogen-bond donors (Lipinski definition) is 0. The summed E-state index contributed by atoms with van der Waals surface area (Å²) < 4.78 is 5.11. The van der Waals surface area contributed by atoms with Crippen LogP contribution in [0.25, 0.3) is 0 Å². The summed E-state index contributed by atoms with van der Waals surface area (Å²) in [5.41, 5.74) is 0. The Labute approximate surface area is 79.7 Å². The Kier molecular flexibility index (Phi) is 5.96. The molecule has 13 heavy (non-hydrogen) atoms. The molecule has 0 aromatic rings. The van der Waals surface area contributed by atoms with Crippen LogP contribution in [0, 0.1) is 17.2 Å². The van der Waals surface area contributed by atoms with Gasteiger partial charge in [-0.2, -0.15) is 5.26 Å². The Bertz CT molecular complexity index is 196. The van der Waals surface area contributed by atoms with Crippen molar-refractivity contribution in [1.82, 2.24) is 0 Å². The number of nitrogens with zero attached hydrogens (tertiary/aromatic N) is 1. The second kappa shape index (κ2) is 6.47. The van der Waals surface area contributed by atoms with Gasteiger partial charge < -0.3 is 4.74 Å². The van der Waals surface area contributed by atoms with Crippen molar-refractivity contribution >= 4 is 5.97 Å². The molecule has 0 saturated carbocycles. The highest BCUT2D eigenvalue weighted by atomic mass is 16.5. The molecule has 0 aliphatic rings. The molecule has 0 radical (unpaired) electrons. The molecule has 3 heteroatoms. The van der Waals surface area contributed by atoms with E-state index in [-0.39, 0.29) is 18.0 Å². The Morgan fingerprint density at radius 1 is 1.54 bits per heavy atom. The van der Waals surface area contributed by atoms with E-state index in [2.05, 4.69) is 0 Å². The number of ether oxygens (including phenoxy) is 1. The molecule has 0 aromatic carbocycles. The predicted octanol–water partition coefficient (Wildman–Crippen LogP) is 2.27. The van der Waals surface area contributed by atoms with Gasteiger partial charge in [-0.25, -0.2) is 0 Å². The van der Waals surface area contributed by atoms with Crippen molar-refractivity contribution in [2.24, 2.45) is 5.92 Å². The molecule has 0 bridgehead atoms. The minimum absolute atomic E-state index is 0.0166. The summed E-state index contributed by atoms with van der Waals surface area (Å²) in [6.07, 6.45) is 1.82. The second-order valence-corrected chi connectivity index (χ2v) is 3.25. The van der Waals surface area contributed by atoms with Crippen LogP contribution < -0.4 is 0 Å². The maximum Gasteiger partial charge on any atom is 0.308 e. The second-order valence-electron chi connectivity index (χ2n) is 3.25. The SMILES string of the molecule is CCC(C)OC(=O)C(C)CCC#N. The van der Waals surface area contributed by atoms with Gasteiger partial charge in [0, 0.05) is 6.42 Å². The molecule has 0 aliphatic carbocycles. The van der Waals surface area contributed by atoms with Crippen LogP contribution in [-0.4, -0.2) is 12.1 Å². The van der Waals surface area contributed by atoms with E-state index in [4.69, 9.17) is 10.00 Å². The van der Waals surface area contributed by atoms with E-state index >= 15 is 0 Å². The smallest absolute Gasteiger partial charge is 0.308 e. The molecule has 0 N–H and O–H groups in total. The topological polar surface area (TPSA) is 50.1 Å². The van der Waals surface area contributed by atoms with E-state index in [0.717, 1.165) is 6.42 Å². The zero-order valence-corrected chi connectivity index (χ0v) is 8.54. The molecule has 2 unspecified atom stereocenters. The van der Waals surface area contributed by atoms with Crippen LogP contribution >= 0.6 is 0 Å². The van der Waals surface area contributed by atoms with Gasteiger partial charge in [-0.05, 0) is 19.8 Å². The number of esters is 1. The number of hydrogen-bond acceptors (Lipinski definition) is 3. The quantitative estimate of drug-likeness (QED) is 0.614. The van der Waals surface area contributed by atoms with Crippen LogP contribution in [0.4, 0.5) is 0 Å². The fourth-order valence-electron chi connectivity index (χ4n) is 0.797. The minimum atomic E-state index is -0.190. The van der Waals surface area contributed by atoms with E-state index in [1.807, 2.05) is 19.9 Å². The average Bonchev–Trinajstić information content (AvgIpc) is 2.13. The van der Waals surface area contributed by atoms with Gasteiger partial charge in [0.1, 0.15) is 0 Å². The maximum atomic E-state index is 11.3. The zero-order chi connectivity index (χ0) is 10.3. The summed E-state index contributed by atoms with van der Waals surface area (Å²) in [6.45, 7) is 5.63. The van der Waals surface area contributed by atoms with Crippen LogP contribution in [0.5, 0.6) is 0 Å². The van der Waals surface area contributed by atoms with Crippen molar-refractivity contribution in [3.63, 3.8) is 0 Å². The van der Waals surface area contributed by atoms with Crippen molar-refractivity contribution in [3.05, 3.63) is 0 Å². The van der Waals surface area contributed by atoms with Crippen LogP contribution in [0.3, 0.4) is 0 Å². The summed E-state index contributed by atoms with van der Waals surface area (Å²) in [7, 11) is 0. The molecule has 0 fully saturated rings. The fourth-order valence-corrected chi connectivity index (χ4v) is 0.797. The average molecular weight is 183 g/mol. The highest BCUT2D eigenvalue weighted by Gasteiger charge is 2.15. The minimum Gasteiger partial charge on any atom is -0.462 e. The van der Waals surface area contributed by atoms with E-state index in [0.29, 0.717) is 12.8 Å². The molecule has 74 valence electrons. The Morgan fingerprint density at radius 2 is 2.15 bits per heavy atom. The molecule has 2 atom stereocenters. The third kappa shape index (κ3) is 5.24. The zero-order valence-electron chi connectivity index (χ0n) is 8.54. The largest absolute Gasteiger partial charge is 0.462 e. The predicted molar refractivity (Wildman–Crippen MR) is 49.9 cm³/mol. The van der Waals surface area contributed by atoms with Crippen molar-refractivity contribution in [3.8, 4) is 6.07 Å². The third-order valence-electron chi connectivity index (χ3n) is 1.98. The Morgan fingerprint density at radius 3 is 2.62 bits per heavy atom. The standard InChI is InChI=1S/C10H17NO2/c1-4-9(3)13-10(12)8(2)6-5-7-11/h8-9H,4-6H2,1-3H3. The summed E-state index contributed by atoms with van der Waals surface area (Å²) >= 11 is 0. The van der Waals surface area contributed by atoms with Crippen LogP contribution in [0.15, 0.2) is 0 Å². The first-order valence-electron chi connectivity index (χ1n) is 4.69. The first-order chi connectivity index (χ1) is 6.11. The normalized spacial score (nSPS) is 14.3. The fraction of sp³-hybridized carbons (Fsp3) is 0.800. The molecule has 0 rings (SSSR count). The summed E-state index contributed by atoms with van der Waals surface area (Å²) in [4.78, 5) is 11.3. The van der Waals surface area contributed by atoms with Gasteiger partial charge in [-0.3, -0.25) is 4.79 Å². The van der Waals surface area contributed by atoms with Gasteiger partial charge in [0.05, 0.1) is 18.1 Å². The van der Waals surface area contributed by atoms with Gasteiger partial charge in [0.2, 0.25) is 0 Å². The molecule has 0 aliphatic heterocycles. The monoisotopic (exact) mass is 183 g/mol.